The highest BCUT2D eigenvalue weighted by Gasteiger charge is 2.20. The predicted octanol–water partition coefficient (Wildman–Crippen LogP) is -0.281. The molecule has 0 spiro atoms. The fourth-order valence-corrected chi connectivity index (χ4v) is 0.654. The van der Waals surface area contributed by atoms with E-state index in [1.54, 1.807) is 0 Å². The molecule has 0 bridgehead atoms. The fourth-order valence-electron chi connectivity index (χ4n) is 0.654. The van der Waals surface area contributed by atoms with E-state index in [1.165, 1.54) is 6.92 Å². The standard InChI is InChI=1S/C5H6N2O4/c1-2-3(5(9)10-6)4(8)7-11-2/h6H2,1H3,(H,7,8). The number of rotatable bonds is 1. The SMILES string of the molecule is Cc1onc(O)c1C(=O)ON. The molecule has 0 saturated heterocycles. The number of nitrogens with two attached hydrogens (primary N) is 1. The van der Waals surface area contributed by atoms with Crippen molar-refractivity contribution < 1.29 is 19.3 Å². The number of carbonyl (C=O) groups excluding carboxylic acids is 1. The van der Waals surface area contributed by atoms with Gasteiger partial charge in [0.15, 0.2) is 11.3 Å². The second kappa shape index (κ2) is 2.59. The molecule has 0 saturated carbocycles. The van der Waals surface area contributed by atoms with E-state index >= 15 is 0 Å². The molecule has 0 aliphatic carbocycles. The van der Waals surface area contributed by atoms with Crippen molar-refractivity contribution >= 4 is 5.97 Å². The van der Waals surface area contributed by atoms with E-state index in [9.17, 15) is 4.79 Å². The third kappa shape index (κ3) is 1.15. The number of aryl methyl sites for hydroxylation is 1. The number of hydrogen-bond acceptors (Lipinski definition) is 6. The van der Waals surface area contributed by atoms with Gasteiger partial charge in [-0.05, 0) is 12.1 Å². The van der Waals surface area contributed by atoms with Crippen LogP contribution in [0.1, 0.15) is 16.1 Å². The van der Waals surface area contributed by atoms with Crippen LogP contribution in [-0.2, 0) is 4.84 Å². The Balaban J connectivity index is 3.10. The van der Waals surface area contributed by atoms with Gasteiger partial charge in [0.05, 0.1) is 0 Å². The molecule has 0 aromatic carbocycles. The van der Waals surface area contributed by atoms with Crippen molar-refractivity contribution in [3.8, 4) is 5.88 Å². The lowest BCUT2D eigenvalue weighted by Gasteiger charge is -1.92. The van der Waals surface area contributed by atoms with E-state index in [2.05, 4.69) is 20.4 Å². The molecule has 6 nitrogen and oxygen atoms in total. The van der Waals surface area contributed by atoms with Gasteiger partial charge in [0.25, 0.3) is 5.88 Å². The summed E-state index contributed by atoms with van der Waals surface area (Å²) in [6.07, 6.45) is 0. The van der Waals surface area contributed by atoms with E-state index in [0.29, 0.717) is 0 Å². The number of nitrogens with zero attached hydrogens (tertiary/aromatic N) is 1. The van der Waals surface area contributed by atoms with Crippen molar-refractivity contribution in [2.75, 3.05) is 0 Å². The average molecular weight is 158 g/mol. The van der Waals surface area contributed by atoms with E-state index < -0.39 is 11.8 Å². The number of aromatic nitrogens is 1. The Morgan fingerprint density at radius 2 is 2.45 bits per heavy atom. The lowest BCUT2D eigenvalue weighted by atomic mass is 10.3. The minimum absolute atomic E-state index is 0.146. The smallest absolute Gasteiger partial charge is 0.365 e. The zero-order valence-electron chi connectivity index (χ0n) is 5.70. The minimum atomic E-state index is -0.874. The van der Waals surface area contributed by atoms with Crippen LogP contribution < -0.4 is 5.90 Å². The molecule has 1 aromatic heterocycles. The molecule has 60 valence electrons. The van der Waals surface area contributed by atoms with Gasteiger partial charge in [-0.15, -0.1) is 0 Å². The topological polar surface area (TPSA) is 98.6 Å². The molecule has 0 atom stereocenters. The molecule has 0 amide bonds. The van der Waals surface area contributed by atoms with Crippen LogP contribution in [-0.4, -0.2) is 16.2 Å². The van der Waals surface area contributed by atoms with Gasteiger partial charge in [-0.2, -0.15) is 5.90 Å². The Morgan fingerprint density at radius 3 is 2.82 bits per heavy atom. The van der Waals surface area contributed by atoms with Gasteiger partial charge in [0.2, 0.25) is 0 Å². The van der Waals surface area contributed by atoms with Gasteiger partial charge >= 0.3 is 5.97 Å². The minimum Gasteiger partial charge on any atom is -0.490 e. The first kappa shape index (κ1) is 7.55. The second-order valence-electron chi connectivity index (χ2n) is 1.84. The van der Waals surface area contributed by atoms with Gasteiger partial charge in [-0.1, -0.05) is 0 Å². The molecular formula is C5H6N2O4. The van der Waals surface area contributed by atoms with Crippen molar-refractivity contribution in [3.63, 3.8) is 0 Å². The summed E-state index contributed by atoms with van der Waals surface area (Å²) in [5.41, 5.74) is -0.146. The molecule has 0 fully saturated rings. The highest BCUT2D eigenvalue weighted by Crippen LogP contribution is 2.18. The first-order chi connectivity index (χ1) is 5.16. The Hall–Kier alpha value is -1.56. The van der Waals surface area contributed by atoms with Crippen LogP contribution in [0.25, 0.3) is 0 Å². The molecule has 0 unspecified atom stereocenters. The molecular weight excluding hydrogens is 152 g/mol. The van der Waals surface area contributed by atoms with Crippen molar-refractivity contribution in [3.05, 3.63) is 11.3 Å². The monoisotopic (exact) mass is 158 g/mol. The first-order valence-corrected chi connectivity index (χ1v) is 2.73. The molecule has 1 aromatic rings. The number of carbonyl (C=O) groups is 1. The van der Waals surface area contributed by atoms with Crippen LogP contribution in [0.2, 0.25) is 0 Å². The lowest BCUT2D eigenvalue weighted by Crippen LogP contribution is -2.10. The largest absolute Gasteiger partial charge is 0.490 e. The zero-order valence-corrected chi connectivity index (χ0v) is 5.70. The maximum Gasteiger partial charge on any atom is 0.365 e. The van der Waals surface area contributed by atoms with Gasteiger partial charge in [-0.3, -0.25) is 0 Å². The summed E-state index contributed by atoms with van der Waals surface area (Å²) in [6.45, 7) is 1.46. The van der Waals surface area contributed by atoms with E-state index in [4.69, 9.17) is 5.11 Å². The summed E-state index contributed by atoms with van der Waals surface area (Å²) in [5, 5.41) is 12.0. The van der Waals surface area contributed by atoms with E-state index in [1.807, 2.05) is 0 Å². The lowest BCUT2D eigenvalue weighted by molar-refractivity contribution is 0.0498. The zero-order chi connectivity index (χ0) is 8.43. The van der Waals surface area contributed by atoms with Gasteiger partial charge < -0.3 is 14.5 Å². The Bertz CT molecular complexity index is 261. The van der Waals surface area contributed by atoms with Crippen molar-refractivity contribution in [2.24, 2.45) is 5.90 Å². The van der Waals surface area contributed by atoms with Crippen LogP contribution in [0.5, 0.6) is 5.88 Å². The van der Waals surface area contributed by atoms with Crippen molar-refractivity contribution in [1.29, 1.82) is 0 Å². The van der Waals surface area contributed by atoms with Crippen molar-refractivity contribution in [1.82, 2.24) is 5.16 Å². The van der Waals surface area contributed by atoms with Crippen molar-refractivity contribution in [2.45, 2.75) is 6.92 Å². The molecule has 1 rings (SSSR count). The number of aromatic hydroxyl groups is 1. The summed E-state index contributed by atoms with van der Waals surface area (Å²) in [5.74, 6) is 3.35. The van der Waals surface area contributed by atoms with Crippen LogP contribution >= 0.6 is 0 Å². The first-order valence-electron chi connectivity index (χ1n) is 2.73. The van der Waals surface area contributed by atoms with Crippen LogP contribution in [0, 0.1) is 6.92 Å². The summed E-state index contributed by atoms with van der Waals surface area (Å²) < 4.78 is 4.46. The molecule has 1 heterocycles. The van der Waals surface area contributed by atoms with E-state index in [0.717, 1.165) is 0 Å². The highest BCUT2D eigenvalue weighted by atomic mass is 16.7. The Labute approximate surface area is 61.5 Å². The third-order valence-corrected chi connectivity index (χ3v) is 1.16. The third-order valence-electron chi connectivity index (χ3n) is 1.16. The predicted molar refractivity (Wildman–Crippen MR) is 32.5 cm³/mol. The summed E-state index contributed by atoms with van der Waals surface area (Å²) in [4.78, 5) is 14.6. The summed E-state index contributed by atoms with van der Waals surface area (Å²) in [7, 11) is 0. The van der Waals surface area contributed by atoms with Gasteiger partial charge in [-0.25, -0.2) is 4.79 Å². The fraction of sp³-hybridized carbons (Fsp3) is 0.200. The van der Waals surface area contributed by atoms with Crippen LogP contribution in [0.3, 0.4) is 0 Å². The molecule has 0 radical (unpaired) electrons. The second-order valence-corrected chi connectivity index (χ2v) is 1.84. The quantitative estimate of drug-likeness (QED) is 0.545. The maximum absolute atomic E-state index is 10.7. The van der Waals surface area contributed by atoms with Crippen LogP contribution in [0.4, 0.5) is 0 Å². The highest BCUT2D eigenvalue weighted by molar-refractivity contribution is 5.92. The molecule has 11 heavy (non-hydrogen) atoms. The summed E-state index contributed by atoms with van der Waals surface area (Å²) in [6, 6.07) is 0. The molecule has 0 aliphatic heterocycles. The normalized spacial score (nSPS) is 9.64. The Kier molecular flexibility index (Phi) is 1.77. The summed E-state index contributed by atoms with van der Waals surface area (Å²) >= 11 is 0. The molecule has 0 aliphatic rings. The maximum atomic E-state index is 10.7. The van der Waals surface area contributed by atoms with E-state index in [-0.39, 0.29) is 11.3 Å². The van der Waals surface area contributed by atoms with Gasteiger partial charge in [0, 0.05) is 0 Å². The number of hydrogen-bond donors (Lipinski definition) is 2. The average Bonchev–Trinajstić information content (AvgIpc) is 2.30. The Morgan fingerprint density at radius 1 is 1.82 bits per heavy atom. The van der Waals surface area contributed by atoms with Gasteiger partial charge in [0.1, 0.15) is 0 Å². The molecule has 6 heteroatoms. The molecule has 3 N–H and O–H groups in total. The van der Waals surface area contributed by atoms with Crippen LogP contribution in [0.15, 0.2) is 4.52 Å².